The molecule has 5 heteroatoms. The zero-order valence-corrected chi connectivity index (χ0v) is 11.3. The van der Waals surface area contributed by atoms with Crippen LogP contribution in [0.5, 0.6) is 0 Å². The maximum atomic E-state index is 12.0. The second kappa shape index (κ2) is 8.26. The van der Waals surface area contributed by atoms with Crippen LogP contribution >= 0.6 is 0 Å². The SMILES string of the molecule is CCN(Cc1ccccc1)C(=O)CNC(=O)CCN. The molecule has 1 aromatic carbocycles. The molecule has 0 bridgehead atoms. The topological polar surface area (TPSA) is 75.4 Å². The highest BCUT2D eigenvalue weighted by atomic mass is 16.2. The lowest BCUT2D eigenvalue weighted by Gasteiger charge is -2.21. The number of nitrogens with one attached hydrogen (secondary N) is 1. The average molecular weight is 263 g/mol. The van der Waals surface area contributed by atoms with Gasteiger partial charge in [0.1, 0.15) is 0 Å². The van der Waals surface area contributed by atoms with Gasteiger partial charge >= 0.3 is 0 Å². The smallest absolute Gasteiger partial charge is 0.242 e. The number of carbonyl (C=O) groups excluding carboxylic acids is 2. The van der Waals surface area contributed by atoms with Crippen molar-refractivity contribution in [3.8, 4) is 0 Å². The van der Waals surface area contributed by atoms with Crippen molar-refractivity contribution < 1.29 is 9.59 Å². The van der Waals surface area contributed by atoms with Crippen LogP contribution < -0.4 is 11.1 Å². The molecule has 1 aromatic rings. The molecule has 3 N–H and O–H groups in total. The van der Waals surface area contributed by atoms with E-state index < -0.39 is 0 Å². The molecular weight excluding hydrogens is 242 g/mol. The first-order valence-corrected chi connectivity index (χ1v) is 6.45. The highest BCUT2D eigenvalue weighted by Crippen LogP contribution is 2.04. The van der Waals surface area contributed by atoms with Crippen LogP contribution in [-0.4, -0.2) is 36.3 Å². The van der Waals surface area contributed by atoms with Crippen molar-refractivity contribution >= 4 is 11.8 Å². The molecule has 0 heterocycles. The number of amides is 2. The number of carbonyl (C=O) groups is 2. The summed E-state index contributed by atoms with van der Waals surface area (Å²) >= 11 is 0. The second-order valence-corrected chi connectivity index (χ2v) is 4.21. The monoisotopic (exact) mass is 263 g/mol. The molecule has 0 aliphatic carbocycles. The first kappa shape index (κ1) is 15.2. The molecule has 0 atom stereocenters. The van der Waals surface area contributed by atoms with Gasteiger partial charge in [0, 0.05) is 26.1 Å². The zero-order valence-electron chi connectivity index (χ0n) is 11.3. The van der Waals surface area contributed by atoms with Gasteiger partial charge in [-0.25, -0.2) is 0 Å². The number of benzene rings is 1. The zero-order chi connectivity index (χ0) is 14.1. The Morgan fingerprint density at radius 3 is 2.53 bits per heavy atom. The molecule has 0 saturated carbocycles. The summed E-state index contributed by atoms with van der Waals surface area (Å²) in [6.45, 7) is 3.41. The van der Waals surface area contributed by atoms with Crippen LogP contribution in [0.3, 0.4) is 0 Å². The molecule has 104 valence electrons. The summed E-state index contributed by atoms with van der Waals surface area (Å²) in [5.74, 6) is -0.275. The molecular formula is C14H21N3O2. The summed E-state index contributed by atoms with van der Waals surface area (Å²) < 4.78 is 0. The van der Waals surface area contributed by atoms with Crippen molar-refractivity contribution in [3.05, 3.63) is 35.9 Å². The van der Waals surface area contributed by atoms with Crippen molar-refractivity contribution in [2.45, 2.75) is 19.9 Å². The van der Waals surface area contributed by atoms with E-state index in [1.807, 2.05) is 37.3 Å². The van der Waals surface area contributed by atoms with Crippen molar-refractivity contribution in [3.63, 3.8) is 0 Å². The van der Waals surface area contributed by atoms with E-state index in [2.05, 4.69) is 5.32 Å². The Morgan fingerprint density at radius 2 is 1.95 bits per heavy atom. The van der Waals surface area contributed by atoms with Gasteiger partial charge in [0.2, 0.25) is 11.8 Å². The molecule has 0 unspecified atom stereocenters. The lowest BCUT2D eigenvalue weighted by atomic mass is 10.2. The molecule has 0 saturated heterocycles. The fourth-order valence-electron chi connectivity index (χ4n) is 1.69. The predicted molar refractivity (Wildman–Crippen MR) is 74.2 cm³/mol. The number of nitrogens with two attached hydrogens (primary N) is 1. The quantitative estimate of drug-likeness (QED) is 0.752. The van der Waals surface area contributed by atoms with E-state index in [0.717, 1.165) is 5.56 Å². The molecule has 0 aromatic heterocycles. The second-order valence-electron chi connectivity index (χ2n) is 4.21. The Hall–Kier alpha value is -1.88. The van der Waals surface area contributed by atoms with E-state index in [-0.39, 0.29) is 24.8 Å². The van der Waals surface area contributed by atoms with Crippen LogP contribution in [0.2, 0.25) is 0 Å². The standard InChI is InChI=1S/C14H21N3O2/c1-2-17(11-12-6-4-3-5-7-12)14(19)10-16-13(18)8-9-15/h3-7H,2,8-11,15H2,1H3,(H,16,18). The van der Waals surface area contributed by atoms with Gasteiger partial charge in [-0.1, -0.05) is 30.3 Å². The predicted octanol–water partition coefficient (Wildman–Crippen LogP) is 0.500. The molecule has 2 amide bonds. The van der Waals surface area contributed by atoms with Gasteiger partial charge in [-0.05, 0) is 12.5 Å². The lowest BCUT2D eigenvalue weighted by molar-refractivity contribution is -0.133. The summed E-state index contributed by atoms with van der Waals surface area (Å²) in [5, 5.41) is 2.57. The van der Waals surface area contributed by atoms with Gasteiger partial charge in [-0.2, -0.15) is 0 Å². The molecule has 19 heavy (non-hydrogen) atoms. The third-order valence-corrected chi connectivity index (χ3v) is 2.76. The molecule has 0 spiro atoms. The molecule has 0 radical (unpaired) electrons. The van der Waals surface area contributed by atoms with Crippen molar-refractivity contribution in [1.82, 2.24) is 10.2 Å². The average Bonchev–Trinajstić information content (AvgIpc) is 2.43. The third-order valence-electron chi connectivity index (χ3n) is 2.76. The summed E-state index contributed by atoms with van der Waals surface area (Å²) in [5.41, 5.74) is 6.34. The van der Waals surface area contributed by atoms with Gasteiger partial charge in [-0.3, -0.25) is 9.59 Å². The van der Waals surface area contributed by atoms with E-state index >= 15 is 0 Å². The fourth-order valence-corrected chi connectivity index (χ4v) is 1.69. The summed E-state index contributed by atoms with van der Waals surface area (Å²) in [6.07, 6.45) is 0.248. The van der Waals surface area contributed by atoms with Crippen molar-refractivity contribution in [2.75, 3.05) is 19.6 Å². The van der Waals surface area contributed by atoms with Crippen molar-refractivity contribution in [2.24, 2.45) is 5.73 Å². The van der Waals surface area contributed by atoms with E-state index in [1.165, 1.54) is 0 Å². The van der Waals surface area contributed by atoms with Gasteiger partial charge in [0.15, 0.2) is 0 Å². The summed E-state index contributed by atoms with van der Waals surface area (Å²) in [7, 11) is 0. The van der Waals surface area contributed by atoms with Gasteiger partial charge in [0.25, 0.3) is 0 Å². The maximum absolute atomic E-state index is 12.0. The van der Waals surface area contributed by atoms with Gasteiger partial charge in [-0.15, -0.1) is 0 Å². The Morgan fingerprint density at radius 1 is 1.26 bits per heavy atom. The number of rotatable bonds is 7. The van der Waals surface area contributed by atoms with E-state index in [9.17, 15) is 9.59 Å². The van der Waals surface area contributed by atoms with Crippen LogP contribution in [-0.2, 0) is 16.1 Å². The van der Waals surface area contributed by atoms with Crippen LogP contribution in [0.15, 0.2) is 30.3 Å². The normalized spacial score (nSPS) is 10.0. The Labute approximate surface area is 113 Å². The first-order chi connectivity index (χ1) is 9.17. The Bertz CT molecular complexity index is 406. The van der Waals surface area contributed by atoms with Crippen LogP contribution in [0.1, 0.15) is 18.9 Å². The van der Waals surface area contributed by atoms with Gasteiger partial charge < -0.3 is 16.0 Å². The van der Waals surface area contributed by atoms with E-state index in [0.29, 0.717) is 19.6 Å². The Balaban J connectivity index is 2.46. The Kier molecular flexibility index (Phi) is 6.60. The minimum Gasteiger partial charge on any atom is -0.347 e. The highest BCUT2D eigenvalue weighted by molar-refractivity contribution is 5.84. The molecule has 0 fully saturated rings. The van der Waals surface area contributed by atoms with E-state index in [4.69, 9.17) is 5.73 Å². The molecule has 5 nitrogen and oxygen atoms in total. The minimum atomic E-state index is -0.188. The molecule has 0 aliphatic heterocycles. The van der Waals surface area contributed by atoms with Crippen LogP contribution in [0.25, 0.3) is 0 Å². The number of nitrogens with zero attached hydrogens (tertiary/aromatic N) is 1. The highest BCUT2D eigenvalue weighted by Gasteiger charge is 2.12. The van der Waals surface area contributed by atoms with E-state index in [1.54, 1.807) is 4.90 Å². The summed E-state index contributed by atoms with van der Waals surface area (Å²) in [6, 6.07) is 9.77. The number of hydrogen-bond donors (Lipinski definition) is 2. The molecule has 1 rings (SSSR count). The summed E-state index contributed by atoms with van der Waals surface area (Å²) in [4.78, 5) is 24.9. The first-order valence-electron chi connectivity index (χ1n) is 6.45. The third kappa shape index (κ3) is 5.52. The van der Waals surface area contributed by atoms with Crippen LogP contribution in [0, 0.1) is 0 Å². The fraction of sp³-hybridized carbons (Fsp3) is 0.429. The number of likely N-dealkylation sites (N-methyl/N-ethyl adjacent to an activating group) is 1. The maximum Gasteiger partial charge on any atom is 0.242 e. The van der Waals surface area contributed by atoms with Gasteiger partial charge in [0.05, 0.1) is 6.54 Å². The minimum absolute atomic E-state index is 0.0273. The largest absolute Gasteiger partial charge is 0.347 e. The van der Waals surface area contributed by atoms with Crippen molar-refractivity contribution in [1.29, 1.82) is 0 Å². The number of hydrogen-bond acceptors (Lipinski definition) is 3. The van der Waals surface area contributed by atoms with Crippen LogP contribution in [0.4, 0.5) is 0 Å². The lowest BCUT2D eigenvalue weighted by Crippen LogP contribution is -2.40. The molecule has 0 aliphatic rings.